The van der Waals surface area contributed by atoms with E-state index in [0.717, 1.165) is 25.3 Å². The van der Waals surface area contributed by atoms with E-state index in [-0.39, 0.29) is 0 Å². The molecular formula is C11H15N5. The number of aryl methyl sites for hydroxylation is 2. The summed E-state index contributed by atoms with van der Waals surface area (Å²) in [4.78, 5) is 0. The van der Waals surface area contributed by atoms with Crippen LogP contribution < -0.4 is 0 Å². The van der Waals surface area contributed by atoms with Gasteiger partial charge in [0.15, 0.2) is 5.82 Å². The van der Waals surface area contributed by atoms with Crippen molar-refractivity contribution in [3.05, 3.63) is 29.6 Å². The lowest BCUT2D eigenvalue weighted by Gasteiger charge is -2.01. The van der Waals surface area contributed by atoms with Crippen LogP contribution in [0.15, 0.2) is 12.4 Å². The average Bonchev–Trinajstić information content (AvgIpc) is 2.82. The van der Waals surface area contributed by atoms with Gasteiger partial charge in [-0.1, -0.05) is 13.8 Å². The molecule has 0 aliphatic carbocycles. The van der Waals surface area contributed by atoms with Crippen LogP contribution in [-0.2, 0) is 19.5 Å². The molecule has 0 aromatic carbocycles. The lowest BCUT2D eigenvalue weighted by atomic mass is 10.1. The van der Waals surface area contributed by atoms with Crippen LogP contribution in [0, 0.1) is 0 Å². The van der Waals surface area contributed by atoms with Crippen molar-refractivity contribution < 1.29 is 0 Å². The van der Waals surface area contributed by atoms with Crippen LogP contribution in [0.3, 0.4) is 0 Å². The second-order valence-electron chi connectivity index (χ2n) is 4.56. The molecule has 5 nitrogen and oxygen atoms in total. The van der Waals surface area contributed by atoms with E-state index in [4.69, 9.17) is 0 Å². The van der Waals surface area contributed by atoms with Crippen LogP contribution in [0.5, 0.6) is 0 Å². The third kappa shape index (κ3) is 1.43. The van der Waals surface area contributed by atoms with E-state index < -0.39 is 0 Å². The Morgan fingerprint density at radius 1 is 1.38 bits per heavy atom. The highest BCUT2D eigenvalue weighted by Gasteiger charge is 2.17. The lowest BCUT2D eigenvalue weighted by molar-refractivity contribution is 0.619. The summed E-state index contributed by atoms with van der Waals surface area (Å²) < 4.78 is 4.16. The van der Waals surface area contributed by atoms with Gasteiger partial charge in [-0.15, -0.1) is 10.2 Å². The SMILES string of the molecule is CC(C)c1cc2n(n1)Cc1nncn1CC2. The first-order valence-electron chi connectivity index (χ1n) is 5.67. The highest BCUT2D eigenvalue weighted by atomic mass is 15.3. The number of hydrogen-bond donors (Lipinski definition) is 0. The summed E-state index contributed by atoms with van der Waals surface area (Å²) in [7, 11) is 0. The van der Waals surface area contributed by atoms with E-state index in [0.29, 0.717) is 5.92 Å². The molecule has 1 aliphatic heterocycles. The van der Waals surface area contributed by atoms with Crippen LogP contribution in [-0.4, -0.2) is 24.5 Å². The van der Waals surface area contributed by atoms with E-state index >= 15 is 0 Å². The van der Waals surface area contributed by atoms with Crippen LogP contribution in [0.2, 0.25) is 0 Å². The molecule has 0 N–H and O–H groups in total. The Labute approximate surface area is 94.1 Å². The predicted molar refractivity (Wildman–Crippen MR) is 59.1 cm³/mol. The van der Waals surface area contributed by atoms with Crippen LogP contribution in [0.1, 0.15) is 37.0 Å². The zero-order valence-corrected chi connectivity index (χ0v) is 9.59. The van der Waals surface area contributed by atoms with Crippen molar-refractivity contribution in [2.45, 2.75) is 39.3 Å². The number of rotatable bonds is 1. The van der Waals surface area contributed by atoms with Gasteiger partial charge < -0.3 is 4.57 Å². The van der Waals surface area contributed by atoms with Gasteiger partial charge >= 0.3 is 0 Å². The molecule has 84 valence electrons. The summed E-state index contributed by atoms with van der Waals surface area (Å²) in [5, 5.41) is 12.7. The fourth-order valence-corrected chi connectivity index (χ4v) is 2.06. The first-order chi connectivity index (χ1) is 7.74. The minimum absolute atomic E-state index is 0.484. The summed E-state index contributed by atoms with van der Waals surface area (Å²) >= 11 is 0. The van der Waals surface area contributed by atoms with E-state index in [9.17, 15) is 0 Å². The molecular weight excluding hydrogens is 202 g/mol. The van der Waals surface area contributed by atoms with Crippen molar-refractivity contribution in [2.24, 2.45) is 0 Å². The number of nitrogens with zero attached hydrogens (tertiary/aromatic N) is 5. The summed E-state index contributed by atoms with van der Waals surface area (Å²) in [6.07, 6.45) is 2.80. The Morgan fingerprint density at radius 2 is 2.25 bits per heavy atom. The Bertz CT molecular complexity index is 508. The third-order valence-electron chi connectivity index (χ3n) is 3.07. The molecule has 3 heterocycles. The highest BCUT2D eigenvalue weighted by Crippen LogP contribution is 2.18. The van der Waals surface area contributed by atoms with Gasteiger partial charge in [0, 0.05) is 18.7 Å². The molecule has 0 spiro atoms. The maximum Gasteiger partial charge on any atom is 0.154 e. The van der Waals surface area contributed by atoms with Crippen molar-refractivity contribution in [1.82, 2.24) is 24.5 Å². The molecule has 0 saturated carbocycles. The summed E-state index contributed by atoms with van der Waals surface area (Å²) in [6, 6.07) is 2.21. The van der Waals surface area contributed by atoms with Crippen LogP contribution >= 0.6 is 0 Å². The summed E-state index contributed by atoms with van der Waals surface area (Å²) in [5.74, 6) is 1.48. The van der Waals surface area contributed by atoms with Gasteiger partial charge in [0.1, 0.15) is 12.9 Å². The van der Waals surface area contributed by atoms with Gasteiger partial charge in [0.25, 0.3) is 0 Å². The van der Waals surface area contributed by atoms with Crippen molar-refractivity contribution in [1.29, 1.82) is 0 Å². The molecule has 0 radical (unpaired) electrons. The number of aromatic nitrogens is 5. The van der Waals surface area contributed by atoms with E-state index in [1.54, 1.807) is 6.33 Å². The largest absolute Gasteiger partial charge is 0.316 e. The smallest absolute Gasteiger partial charge is 0.154 e. The van der Waals surface area contributed by atoms with Crippen molar-refractivity contribution in [3.63, 3.8) is 0 Å². The fraction of sp³-hybridized carbons (Fsp3) is 0.545. The van der Waals surface area contributed by atoms with Crippen molar-refractivity contribution >= 4 is 0 Å². The van der Waals surface area contributed by atoms with Gasteiger partial charge in [-0.2, -0.15) is 5.10 Å². The molecule has 0 fully saturated rings. The van der Waals surface area contributed by atoms with Crippen molar-refractivity contribution in [3.8, 4) is 0 Å². The van der Waals surface area contributed by atoms with Gasteiger partial charge in [-0.05, 0) is 12.0 Å². The maximum absolute atomic E-state index is 4.62. The van der Waals surface area contributed by atoms with Gasteiger partial charge in [0.2, 0.25) is 0 Å². The predicted octanol–water partition coefficient (Wildman–Crippen LogP) is 1.20. The Kier molecular flexibility index (Phi) is 2.05. The zero-order valence-electron chi connectivity index (χ0n) is 9.59. The van der Waals surface area contributed by atoms with Gasteiger partial charge in [-0.25, -0.2) is 0 Å². The molecule has 5 heteroatoms. The molecule has 2 aromatic heterocycles. The molecule has 16 heavy (non-hydrogen) atoms. The van der Waals surface area contributed by atoms with E-state index in [1.807, 2.05) is 0 Å². The Balaban J connectivity index is 2.00. The van der Waals surface area contributed by atoms with Gasteiger partial charge in [0.05, 0.1) is 5.69 Å². The second-order valence-corrected chi connectivity index (χ2v) is 4.56. The Morgan fingerprint density at radius 3 is 3.06 bits per heavy atom. The number of hydrogen-bond acceptors (Lipinski definition) is 3. The third-order valence-corrected chi connectivity index (χ3v) is 3.07. The topological polar surface area (TPSA) is 48.5 Å². The quantitative estimate of drug-likeness (QED) is 0.721. The minimum Gasteiger partial charge on any atom is -0.316 e. The molecule has 2 aromatic rings. The van der Waals surface area contributed by atoms with Crippen LogP contribution in [0.4, 0.5) is 0 Å². The van der Waals surface area contributed by atoms with E-state index in [1.165, 1.54) is 11.4 Å². The second kappa shape index (κ2) is 3.43. The number of fused-ring (bicyclic) bond motifs is 2. The highest BCUT2D eigenvalue weighted by molar-refractivity contribution is 5.15. The summed E-state index contributed by atoms with van der Waals surface area (Å²) in [6.45, 7) is 6.03. The summed E-state index contributed by atoms with van der Waals surface area (Å²) in [5.41, 5.74) is 2.47. The Hall–Kier alpha value is -1.65. The normalized spacial score (nSPS) is 14.7. The molecule has 1 aliphatic rings. The van der Waals surface area contributed by atoms with E-state index in [2.05, 4.69) is 44.5 Å². The van der Waals surface area contributed by atoms with Crippen molar-refractivity contribution in [2.75, 3.05) is 0 Å². The zero-order chi connectivity index (χ0) is 11.1. The molecule has 0 atom stereocenters. The monoisotopic (exact) mass is 217 g/mol. The molecule has 0 saturated heterocycles. The molecule has 0 bridgehead atoms. The molecule has 0 amide bonds. The minimum atomic E-state index is 0.484. The fourth-order valence-electron chi connectivity index (χ4n) is 2.06. The average molecular weight is 217 g/mol. The van der Waals surface area contributed by atoms with Gasteiger partial charge in [-0.3, -0.25) is 4.68 Å². The lowest BCUT2D eigenvalue weighted by Crippen LogP contribution is -2.06. The molecule has 0 unspecified atom stereocenters. The first-order valence-corrected chi connectivity index (χ1v) is 5.67. The standard InChI is InChI=1S/C11H15N5/c1-8(2)10-5-9-3-4-15-7-12-13-11(15)6-16(9)14-10/h5,7-8H,3-4,6H2,1-2H3. The van der Waals surface area contributed by atoms with Crippen LogP contribution in [0.25, 0.3) is 0 Å². The first kappa shape index (κ1) is 9.57. The molecule has 3 rings (SSSR count). The maximum atomic E-state index is 4.62.